The molecule has 37 heavy (non-hydrogen) atoms. The number of halogens is 4. The number of aliphatic hydroxyl groups is 2. The monoisotopic (exact) mass is 513 g/mol. The maximum atomic E-state index is 14.6. The molecule has 0 radical (unpaired) electrons. The largest absolute Gasteiger partial charge is 0.449 e. The van der Waals surface area contributed by atoms with Crippen LogP contribution < -0.4 is 0 Å². The molecule has 8 nitrogen and oxygen atoms in total. The standard InChI is InChI=1S/C25H19F4N5O3/c1-12-3-2-4-15(26)20(12)16-7-14-13-5-6-23(8-13,21(14)34-33-16)18-10-30-9-17(31-18)22-32-19(11-37-22)24(35,36)25(27,28)29/h2-4,7,9-11,13,35-36H,5-6,8H2,1H3/t13-,23+/m1/s1. The van der Waals surface area contributed by atoms with E-state index in [2.05, 4.69) is 25.1 Å². The Labute approximate surface area is 207 Å². The van der Waals surface area contributed by atoms with Crippen LogP contribution in [-0.2, 0) is 11.2 Å². The fourth-order valence-corrected chi connectivity index (χ4v) is 5.44. The Kier molecular flexibility index (Phi) is 5.02. The van der Waals surface area contributed by atoms with Gasteiger partial charge in [0.15, 0.2) is 0 Å². The summed E-state index contributed by atoms with van der Waals surface area (Å²) in [5.41, 5.74) is 2.07. The van der Waals surface area contributed by atoms with Crippen molar-refractivity contribution in [2.75, 3.05) is 0 Å². The number of benzene rings is 1. The van der Waals surface area contributed by atoms with Crippen LogP contribution in [0.25, 0.3) is 22.8 Å². The minimum Gasteiger partial charge on any atom is -0.443 e. The Morgan fingerprint density at radius 2 is 1.89 bits per heavy atom. The zero-order valence-corrected chi connectivity index (χ0v) is 19.3. The van der Waals surface area contributed by atoms with Crippen LogP contribution in [0.4, 0.5) is 17.6 Å². The van der Waals surface area contributed by atoms with Crippen LogP contribution in [0, 0.1) is 12.7 Å². The molecule has 1 fully saturated rings. The third kappa shape index (κ3) is 3.46. The van der Waals surface area contributed by atoms with E-state index in [9.17, 15) is 27.8 Å². The topological polar surface area (TPSA) is 118 Å². The van der Waals surface area contributed by atoms with Gasteiger partial charge in [-0.1, -0.05) is 12.1 Å². The fraction of sp³-hybridized carbons (Fsp3) is 0.320. The molecule has 2 aliphatic carbocycles. The molecule has 2 atom stereocenters. The summed E-state index contributed by atoms with van der Waals surface area (Å²) in [5.74, 6) is -4.74. The van der Waals surface area contributed by atoms with Crippen LogP contribution in [0.15, 0.2) is 47.3 Å². The van der Waals surface area contributed by atoms with Gasteiger partial charge in [-0.15, -0.1) is 0 Å². The Morgan fingerprint density at radius 3 is 2.65 bits per heavy atom. The summed E-state index contributed by atoms with van der Waals surface area (Å²) in [5, 5.41) is 27.8. The van der Waals surface area contributed by atoms with E-state index in [1.165, 1.54) is 12.3 Å². The van der Waals surface area contributed by atoms with Crippen LogP contribution in [-0.4, -0.2) is 41.5 Å². The first kappa shape index (κ1) is 23.6. The van der Waals surface area contributed by atoms with Gasteiger partial charge in [-0.25, -0.2) is 14.4 Å². The summed E-state index contributed by atoms with van der Waals surface area (Å²) >= 11 is 0. The van der Waals surface area contributed by atoms with Crippen LogP contribution in [0.5, 0.6) is 0 Å². The first-order valence-corrected chi connectivity index (χ1v) is 11.5. The molecule has 0 amide bonds. The first-order valence-electron chi connectivity index (χ1n) is 11.5. The molecule has 2 N–H and O–H groups in total. The average Bonchev–Trinajstić information content (AvgIpc) is 3.59. The van der Waals surface area contributed by atoms with E-state index < -0.39 is 23.1 Å². The second kappa shape index (κ2) is 7.86. The molecule has 3 aromatic heterocycles. The van der Waals surface area contributed by atoms with Crippen LogP contribution in [0.3, 0.4) is 0 Å². The molecule has 1 saturated carbocycles. The number of fused-ring (bicyclic) bond motifs is 5. The predicted octanol–water partition coefficient (Wildman–Crippen LogP) is 4.30. The van der Waals surface area contributed by atoms with Gasteiger partial charge in [0.1, 0.15) is 23.5 Å². The summed E-state index contributed by atoms with van der Waals surface area (Å²) in [4.78, 5) is 12.4. The Hall–Kier alpha value is -3.77. The number of rotatable bonds is 4. The summed E-state index contributed by atoms with van der Waals surface area (Å²) in [6, 6.07) is 6.70. The van der Waals surface area contributed by atoms with E-state index in [-0.39, 0.29) is 23.3 Å². The van der Waals surface area contributed by atoms with Gasteiger partial charge < -0.3 is 14.6 Å². The zero-order valence-electron chi connectivity index (χ0n) is 19.3. The number of hydrogen-bond donors (Lipinski definition) is 2. The van der Waals surface area contributed by atoms with Gasteiger partial charge in [0.2, 0.25) is 5.89 Å². The van der Waals surface area contributed by atoms with Crippen molar-refractivity contribution in [2.45, 2.75) is 49.5 Å². The highest BCUT2D eigenvalue weighted by Gasteiger charge is 2.57. The molecular formula is C25H19F4N5O3. The smallest absolute Gasteiger partial charge is 0.443 e. The Balaban J connectivity index is 1.39. The van der Waals surface area contributed by atoms with Gasteiger partial charge >= 0.3 is 12.0 Å². The van der Waals surface area contributed by atoms with Crippen LogP contribution in [0.2, 0.25) is 0 Å². The number of oxazole rings is 1. The molecule has 6 rings (SSSR count). The maximum Gasteiger partial charge on any atom is 0.449 e. The van der Waals surface area contributed by atoms with E-state index in [4.69, 9.17) is 4.42 Å². The Morgan fingerprint density at radius 1 is 1.08 bits per heavy atom. The van der Waals surface area contributed by atoms with Gasteiger partial charge in [0.25, 0.3) is 0 Å². The lowest BCUT2D eigenvalue weighted by molar-refractivity contribution is -0.359. The minimum absolute atomic E-state index is 0.0274. The number of aromatic nitrogens is 5. The van der Waals surface area contributed by atoms with Crippen molar-refractivity contribution in [3.63, 3.8) is 0 Å². The lowest BCUT2D eigenvalue weighted by Gasteiger charge is -2.26. The molecule has 1 aromatic carbocycles. The average molecular weight is 513 g/mol. The van der Waals surface area contributed by atoms with Crippen molar-refractivity contribution < 1.29 is 32.2 Å². The molecule has 0 saturated heterocycles. The van der Waals surface area contributed by atoms with Crippen molar-refractivity contribution in [1.82, 2.24) is 25.1 Å². The van der Waals surface area contributed by atoms with E-state index in [1.807, 2.05) is 19.1 Å². The highest BCUT2D eigenvalue weighted by Crippen LogP contribution is 2.59. The minimum atomic E-state index is -5.38. The first-order chi connectivity index (χ1) is 17.5. The number of aryl methyl sites for hydroxylation is 1. The summed E-state index contributed by atoms with van der Waals surface area (Å²) in [6.45, 7) is 1.81. The van der Waals surface area contributed by atoms with Gasteiger partial charge in [0, 0.05) is 11.8 Å². The van der Waals surface area contributed by atoms with Crippen molar-refractivity contribution in [2.24, 2.45) is 0 Å². The summed E-state index contributed by atoms with van der Waals surface area (Å²) in [7, 11) is 0. The third-order valence-electron chi connectivity index (χ3n) is 7.31. The lowest BCUT2D eigenvalue weighted by atomic mass is 9.80. The molecule has 2 bridgehead atoms. The zero-order chi connectivity index (χ0) is 26.2. The fourth-order valence-electron chi connectivity index (χ4n) is 5.44. The second-order valence-corrected chi connectivity index (χ2v) is 9.48. The van der Waals surface area contributed by atoms with Crippen molar-refractivity contribution in [1.29, 1.82) is 0 Å². The molecule has 2 aliphatic rings. The van der Waals surface area contributed by atoms with E-state index in [0.29, 0.717) is 41.8 Å². The quantitative estimate of drug-likeness (QED) is 0.306. The van der Waals surface area contributed by atoms with Crippen LogP contribution >= 0.6 is 0 Å². The number of hydrogen-bond acceptors (Lipinski definition) is 8. The Bertz CT molecular complexity index is 1520. The normalized spacial score (nSPS) is 20.9. The SMILES string of the molecule is Cc1cccc(F)c1-c1cc2c(nn1)[C@@]1(c3cncc(-c4nc(C(O)(O)C(F)(F)F)co4)n3)CC[C@@H]2C1. The molecule has 190 valence electrons. The van der Waals surface area contributed by atoms with Gasteiger partial charge in [-0.3, -0.25) is 4.98 Å². The summed E-state index contributed by atoms with van der Waals surface area (Å²) < 4.78 is 58.6. The molecular weight excluding hydrogens is 494 g/mol. The summed E-state index contributed by atoms with van der Waals surface area (Å²) in [6.07, 6.45) is 0.180. The van der Waals surface area contributed by atoms with Crippen molar-refractivity contribution in [3.8, 4) is 22.8 Å². The van der Waals surface area contributed by atoms with Crippen molar-refractivity contribution >= 4 is 0 Å². The predicted molar refractivity (Wildman–Crippen MR) is 119 cm³/mol. The molecule has 12 heteroatoms. The van der Waals surface area contributed by atoms with Gasteiger partial charge in [0.05, 0.1) is 28.7 Å². The van der Waals surface area contributed by atoms with Gasteiger partial charge in [-0.05, 0) is 55.4 Å². The highest BCUT2D eigenvalue weighted by atomic mass is 19.4. The van der Waals surface area contributed by atoms with E-state index in [0.717, 1.165) is 17.5 Å². The maximum absolute atomic E-state index is 14.6. The van der Waals surface area contributed by atoms with E-state index in [1.54, 1.807) is 12.3 Å². The van der Waals surface area contributed by atoms with E-state index >= 15 is 0 Å². The molecule has 0 aliphatic heterocycles. The van der Waals surface area contributed by atoms with Crippen molar-refractivity contribution in [3.05, 3.63) is 76.9 Å². The molecule has 3 heterocycles. The molecule has 4 aromatic rings. The second-order valence-electron chi connectivity index (χ2n) is 9.48. The highest BCUT2D eigenvalue weighted by molar-refractivity contribution is 5.66. The molecule has 0 unspecified atom stereocenters. The number of alkyl halides is 3. The number of nitrogens with zero attached hydrogens (tertiary/aromatic N) is 5. The lowest BCUT2D eigenvalue weighted by Crippen LogP contribution is -2.42. The van der Waals surface area contributed by atoms with Gasteiger partial charge in [-0.2, -0.15) is 23.4 Å². The van der Waals surface area contributed by atoms with Crippen LogP contribution in [0.1, 0.15) is 53.4 Å². The molecule has 0 spiro atoms. The third-order valence-corrected chi connectivity index (χ3v) is 7.31.